The van der Waals surface area contributed by atoms with Gasteiger partial charge < -0.3 is 24.6 Å². The Morgan fingerprint density at radius 2 is 2.18 bits per heavy atom. The van der Waals surface area contributed by atoms with E-state index in [0.29, 0.717) is 5.92 Å². The molecule has 1 aromatic heterocycles. The molecular weight excluding hydrogens is 491 g/mol. The molecule has 2 aliphatic heterocycles. The largest absolute Gasteiger partial charge is 0.381 e. The van der Waals surface area contributed by atoms with Gasteiger partial charge in [-0.1, -0.05) is 6.92 Å². The molecule has 0 spiro atoms. The standard InChI is InChI=1S/C18H32N6O2S.HI/c1-3-16-21-18(27-22-16)24-9-7-23(8-10-24)17(19-2)20-6-4-11-25-13-15-5-12-26-14-15;/h15H,3-14H2,1-2H3,(H,19,20);1H. The summed E-state index contributed by atoms with van der Waals surface area (Å²) in [6.07, 6.45) is 3.01. The highest BCUT2D eigenvalue weighted by Crippen LogP contribution is 2.19. The van der Waals surface area contributed by atoms with E-state index in [1.807, 2.05) is 7.05 Å². The summed E-state index contributed by atoms with van der Waals surface area (Å²) in [5.74, 6) is 2.51. The fourth-order valence-electron chi connectivity index (χ4n) is 3.30. The zero-order valence-corrected chi connectivity index (χ0v) is 20.1. The Bertz CT molecular complexity index is 588. The molecule has 2 fully saturated rings. The van der Waals surface area contributed by atoms with Gasteiger partial charge in [0.1, 0.15) is 5.82 Å². The van der Waals surface area contributed by atoms with Gasteiger partial charge in [-0.25, -0.2) is 4.98 Å². The predicted octanol–water partition coefficient (Wildman–Crippen LogP) is 1.86. The highest BCUT2D eigenvalue weighted by molar-refractivity contribution is 14.0. The van der Waals surface area contributed by atoms with Crippen molar-refractivity contribution in [2.75, 3.05) is 71.1 Å². The van der Waals surface area contributed by atoms with Crippen LogP contribution in [0.5, 0.6) is 0 Å². The Hall–Kier alpha value is -0.720. The SMILES string of the molecule is CCc1nsc(N2CCN(C(=NC)NCCCOCC3CCOC3)CC2)n1.I. The van der Waals surface area contributed by atoms with Gasteiger partial charge in [0.2, 0.25) is 5.13 Å². The molecule has 3 heterocycles. The van der Waals surface area contributed by atoms with Crippen LogP contribution in [-0.2, 0) is 15.9 Å². The van der Waals surface area contributed by atoms with E-state index in [0.717, 1.165) is 95.3 Å². The van der Waals surface area contributed by atoms with Crippen LogP contribution in [0, 0.1) is 5.92 Å². The van der Waals surface area contributed by atoms with Crippen LogP contribution >= 0.6 is 35.5 Å². The summed E-state index contributed by atoms with van der Waals surface area (Å²) in [6.45, 7) is 10.1. The van der Waals surface area contributed by atoms with Crippen molar-refractivity contribution in [3.8, 4) is 0 Å². The second-order valence-corrected chi connectivity index (χ2v) is 7.68. The molecule has 3 rings (SSSR count). The summed E-state index contributed by atoms with van der Waals surface area (Å²) in [5, 5.41) is 4.50. The first-order chi connectivity index (χ1) is 13.3. The Balaban J connectivity index is 0.00000280. The van der Waals surface area contributed by atoms with E-state index >= 15 is 0 Å². The molecule has 8 nitrogen and oxygen atoms in total. The quantitative estimate of drug-likeness (QED) is 0.241. The van der Waals surface area contributed by atoms with Gasteiger partial charge in [-0.15, -0.1) is 24.0 Å². The summed E-state index contributed by atoms with van der Waals surface area (Å²) in [6, 6.07) is 0. The molecule has 28 heavy (non-hydrogen) atoms. The molecule has 1 N–H and O–H groups in total. The maximum atomic E-state index is 5.76. The molecule has 2 aliphatic rings. The molecule has 0 aromatic carbocycles. The lowest BCUT2D eigenvalue weighted by molar-refractivity contribution is 0.0887. The van der Waals surface area contributed by atoms with Crippen LogP contribution in [0.1, 0.15) is 25.6 Å². The molecule has 0 aliphatic carbocycles. The maximum absolute atomic E-state index is 5.76. The number of hydrogen-bond acceptors (Lipinski definition) is 7. The Morgan fingerprint density at radius 1 is 1.36 bits per heavy atom. The number of hydrogen-bond donors (Lipinski definition) is 1. The van der Waals surface area contributed by atoms with Gasteiger partial charge in [0.05, 0.1) is 13.2 Å². The predicted molar refractivity (Wildman–Crippen MR) is 124 cm³/mol. The fraction of sp³-hybridized carbons (Fsp3) is 0.833. The molecule has 10 heteroatoms. The average molecular weight is 524 g/mol. The number of aromatic nitrogens is 2. The van der Waals surface area contributed by atoms with Crippen molar-refractivity contribution in [3.63, 3.8) is 0 Å². The summed E-state index contributed by atoms with van der Waals surface area (Å²) in [5.41, 5.74) is 0. The van der Waals surface area contributed by atoms with Crippen LogP contribution in [0.4, 0.5) is 5.13 Å². The van der Waals surface area contributed by atoms with Crippen LogP contribution in [0.3, 0.4) is 0 Å². The highest BCUT2D eigenvalue weighted by atomic mass is 127. The van der Waals surface area contributed by atoms with Crippen LogP contribution in [-0.4, -0.2) is 86.4 Å². The minimum Gasteiger partial charge on any atom is -0.381 e. The summed E-state index contributed by atoms with van der Waals surface area (Å²) in [4.78, 5) is 13.7. The Labute approximate surface area is 189 Å². The van der Waals surface area contributed by atoms with E-state index in [1.54, 1.807) is 0 Å². The molecule has 1 aromatic rings. The number of guanidine groups is 1. The van der Waals surface area contributed by atoms with Gasteiger partial charge in [-0.3, -0.25) is 4.99 Å². The van der Waals surface area contributed by atoms with Crippen LogP contribution in [0.2, 0.25) is 0 Å². The average Bonchev–Trinajstić information content (AvgIpc) is 3.39. The smallest absolute Gasteiger partial charge is 0.205 e. The van der Waals surface area contributed by atoms with Crippen molar-refractivity contribution < 1.29 is 9.47 Å². The van der Waals surface area contributed by atoms with Crippen LogP contribution in [0.25, 0.3) is 0 Å². The molecule has 0 saturated carbocycles. The second kappa shape index (κ2) is 12.8. The lowest BCUT2D eigenvalue weighted by Crippen LogP contribution is -2.52. The molecule has 2 saturated heterocycles. The normalized spacial score (nSPS) is 20.4. The van der Waals surface area contributed by atoms with E-state index in [-0.39, 0.29) is 24.0 Å². The minimum absolute atomic E-state index is 0. The number of nitrogens with zero attached hydrogens (tertiary/aromatic N) is 5. The van der Waals surface area contributed by atoms with Crippen LogP contribution in [0.15, 0.2) is 4.99 Å². The summed E-state index contributed by atoms with van der Waals surface area (Å²) >= 11 is 1.51. The number of piperazine rings is 1. The molecule has 0 radical (unpaired) electrons. The van der Waals surface area contributed by atoms with Gasteiger partial charge in [0.15, 0.2) is 5.96 Å². The number of aliphatic imine (C=N–C) groups is 1. The second-order valence-electron chi connectivity index (χ2n) is 6.95. The summed E-state index contributed by atoms with van der Waals surface area (Å²) < 4.78 is 15.5. The van der Waals surface area contributed by atoms with Gasteiger partial charge in [0, 0.05) is 76.9 Å². The third-order valence-corrected chi connectivity index (χ3v) is 5.78. The molecule has 1 atom stereocenters. The molecule has 0 amide bonds. The van der Waals surface area contributed by atoms with Crippen molar-refractivity contribution >= 4 is 46.6 Å². The number of ether oxygens (including phenoxy) is 2. The van der Waals surface area contributed by atoms with E-state index in [9.17, 15) is 0 Å². The number of aryl methyl sites for hydroxylation is 1. The van der Waals surface area contributed by atoms with Gasteiger partial charge in [-0.2, -0.15) is 4.37 Å². The number of nitrogens with one attached hydrogen (secondary N) is 1. The third-order valence-electron chi connectivity index (χ3n) is 4.96. The van der Waals surface area contributed by atoms with Crippen molar-refractivity contribution in [2.45, 2.75) is 26.2 Å². The van der Waals surface area contributed by atoms with E-state index in [4.69, 9.17) is 9.47 Å². The van der Waals surface area contributed by atoms with Crippen molar-refractivity contribution in [2.24, 2.45) is 10.9 Å². The van der Waals surface area contributed by atoms with Gasteiger partial charge >= 0.3 is 0 Å². The van der Waals surface area contributed by atoms with Crippen molar-refractivity contribution in [1.29, 1.82) is 0 Å². The molecule has 0 bridgehead atoms. The minimum atomic E-state index is 0. The first-order valence-corrected chi connectivity index (χ1v) is 10.8. The van der Waals surface area contributed by atoms with Gasteiger partial charge in [0.25, 0.3) is 0 Å². The topological polar surface area (TPSA) is 75.1 Å². The molecule has 1 unspecified atom stereocenters. The Morgan fingerprint density at radius 3 is 2.82 bits per heavy atom. The zero-order valence-electron chi connectivity index (χ0n) is 16.9. The highest BCUT2D eigenvalue weighted by Gasteiger charge is 2.22. The van der Waals surface area contributed by atoms with Gasteiger partial charge in [-0.05, 0) is 12.8 Å². The molecular formula is C18H33IN6O2S. The lowest BCUT2D eigenvalue weighted by Gasteiger charge is -2.36. The monoisotopic (exact) mass is 524 g/mol. The van der Waals surface area contributed by atoms with E-state index < -0.39 is 0 Å². The van der Waals surface area contributed by atoms with E-state index in [2.05, 4.69) is 36.4 Å². The number of halogens is 1. The van der Waals surface area contributed by atoms with Crippen molar-refractivity contribution in [1.82, 2.24) is 19.6 Å². The first-order valence-electron chi connectivity index (χ1n) is 9.98. The summed E-state index contributed by atoms with van der Waals surface area (Å²) in [7, 11) is 1.85. The molecule has 160 valence electrons. The van der Waals surface area contributed by atoms with Crippen LogP contribution < -0.4 is 10.2 Å². The van der Waals surface area contributed by atoms with E-state index in [1.165, 1.54) is 11.5 Å². The third kappa shape index (κ3) is 6.96. The maximum Gasteiger partial charge on any atom is 0.205 e. The van der Waals surface area contributed by atoms with Crippen molar-refractivity contribution in [3.05, 3.63) is 5.82 Å². The Kier molecular flexibility index (Phi) is 10.7. The number of anilines is 1. The fourth-order valence-corrected chi connectivity index (χ4v) is 4.10. The number of rotatable bonds is 8. The lowest BCUT2D eigenvalue weighted by atomic mass is 10.1. The first kappa shape index (κ1) is 23.6. The zero-order chi connectivity index (χ0) is 18.9.